The molecular weight excluding hydrogens is 224 g/mol. The zero-order valence-corrected chi connectivity index (χ0v) is 11.8. The van der Waals surface area contributed by atoms with Gasteiger partial charge in [-0.05, 0) is 25.8 Å². The molecule has 2 heterocycles. The Labute approximate surface area is 111 Å². The fraction of sp³-hybridized carbons (Fsp3) is 0.933. The Hall–Kier alpha value is -0.570. The van der Waals surface area contributed by atoms with Gasteiger partial charge in [0.2, 0.25) is 5.91 Å². The second kappa shape index (κ2) is 7.13. The molecule has 2 fully saturated rings. The molecule has 104 valence electrons. The Balaban J connectivity index is 1.63. The van der Waals surface area contributed by atoms with Crippen LogP contribution >= 0.6 is 0 Å². The summed E-state index contributed by atoms with van der Waals surface area (Å²) in [7, 11) is 0. The van der Waals surface area contributed by atoms with E-state index in [0.717, 1.165) is 32.5 Å². The lowest BCUT2D eigenvalue weighted by molar-refractivity contribution is -0.131. The fourth-order valence-electron chi connectivity index (χ4n) is 3.29. The van der Waals surface area contributed by atoms with Gasteiger partial charge in [0.1, 0.15) is 0 Å². The summed E-state index contributed by atoms with van der Waals surface area (Å²) >= 11 is 0. The van der Waals surface area contributed by atoms with Crippen LogP contribution in [0.15, 0.2) is 0 Å². The number of carbonyl (C=O) groups excluding carboxylic acids is 1. The van der Waals surface area contributed by atoms with Crippen molar-refractivity contribution in [3.63, 3.8) is 0 Å². The lowest BCUT2D eigenvalue weighted by Gasteiger charge is -2.23. The van der Waals surface area contributed by atoms with Gasteiger partial charge >= 0.3 is 0 Å². The molecule has 0 aliphatic carbocycles. The first-order chi connectivity index (χ1) is 8.83. The summed E-state index contributed by atoms with van der Waals surface area (Å²) in [5.74, 6) is 0.708. The summed E-state index contributed by atoms with van der Waals surface area (Å²) in [4.78, 5) is 14.3. The molecule has 3 heteroatoms. The van der Waals surface area contributed by atoms with E-state index in [1.54, 1.807) is 0 Å². The molecule has 2 atom stereocenters. The van der Waals surface area contributed by atoms with Gasteiger partial charge in [0.15, 0.2) is 0 Å². The van der Waals surface area contributed by atoms with Crippen LogP contribution < -0.4 is 5.32 Å². The quantitative estimate of drug-likeness (QED) is 0.706. The van der Waals surface area contributed by atoms with Gasteiger partial charge in [0.25, 0.3) is 0 Å². The van der Waals surface area contributed by atoms with Crippen molar-refractivity contribution in [2.24, 2.45) is 5.92 Å². The van der Waals surface area contributed by atoms with Crippen LogP contribution in [-0.2, 0) is 4.79 Å². The molecule has 1 amide bonds. The average molecular weight is 252 g/mol. The number of rotatable bonds is 7. The second-order valence-corrected chi connectivity index (χ2v) is 5.86. The largest absolute Gasteiger partial charge is 0.341 e. The van der Waals surface area contributed by atoms with Gasteiger partial charge in [0.05, 0.1) is 5.92 Å². The highest BCUT2D eigenvalue weighted by atomic mass is 16.2. The van der Waals surface area contributed by atoms with Crippen LogP contribution in [0.4, 0.5) is 0 Å². The van der Waals surface area contributed by atoms with Crippen LogP contribution in [-0.4, -0.2) is 36.5 Å². The third-order valence-electron chi connectivity index (χ3n) is 4.41. The van der Waals surface area contributed by atoms with Crippen molar-refractivity contribution in [3.05, 3.63) is 0 Å². The van der Waals surface area contributed by atoms with Gasteiger partial charge < -0.3 is 10.2 Å². The highest BCUT2D eigenvalue weighted by Gasteiger charge is 2.40. The molecule has 1 N–H and O–H groups in total. The number of nitrogens with one attached hydrogen (secondary N) is 1. The molecule has 0 aromatic rings. The van der Waals surface area contributed by atoms with Crippen molar-refractivity contribution in [2.75, 3.05) is 19.6 Å². The summed E-state index contributed by atoms with van der Waals surface area (Å²) in [6, 6.07) is 0.450. The number of nitrogens with zero attached hydrogens (tertiary/aromatic N) is 1. The Morgan fingerprint density at radius 2 is 2.00 bits per heavy atom. The molecule has 0 aromatic heterocycles. The summed E-state index contributed by atoms with van der Waals surface area (Å²) in [6.45, 7) is 5.29. The summed E-state index contributed by atoms with van der Waals surface area (Å²) in [5, 5.41) is 3.50. The SMILES string of the molecule is CCCCCCCCN1CC2NCCCC2C1=O. The molecule has 0 aromatic carbocycles. The average Bonchev–Trinajstić information content (AvgIpc) is 2.71. The first-order valence-corrected chi connectivity index (χ1v) is 7.85. The molecule has 2 aliphatic rings. The van der Waals surface area contributed by atoms with E-state index in [-0.39, 0.29) is 0 Å². The van der Waals surface area contributed by atoms with E-state index < -0.39 is 0 Å². The molecule has 3 nitrogen and oxygen atoms in total. The van der Waals surface area contributed by atoms with Crippen molar-refractivity contribution >= 4 is 5.91 Å². The van der Waals surface area contributed by atoms with Crippen molar-refractivity contribution in [3.8, 4) is 0 Å². The van der Waals surface area contributed by atoms with Gasteiger partial charge in [-0.25, -0.2) is 0 Å². The molecule has 2 rings (SSSR count). The third-order valence-corrected chi connectivity index (χ3v) is 4.41. The number of likely N-dealkylation sites (tertiary alicyclic amines) is 1. The number of piperidine rings is 1. The Kier molecular flexibility index (Phi) is 5.48. The fourth-order valence-corrected chi connectivity index (χ4v) is 3.29. The minimum absolute atomic E-state index is 0.291. The van der Waals surface area contributed by atoms with Crippen LogP contribution in [0.3, 0.4) is 0 Å². The van der Waals surface area contributed by atoms with Gasteiger partial charge in [-0.1, -0.05) is 39.0 Å². The molecule has 0 bridgehead atoms. The summed E-state index contributed by atoms with van der Waals surface area (Å²) in [6.07, 6.45) is 10.1. The first kappa shape index (κ1) is 13.9. The monoisotopic (exact) mass is 252 g/mol. The van der Waals surface area contributed by atoms with Gasteiger partial charge in [-0.3, -0.25) is 4.79 Å². The number of hydrogen-bond acceptors (Lipinski definition) is 2. The molecule has 0 spiro atoms. The molecule has 2 unspecified atom stereocenters. The number of unbranched alkanes of at least 4 members (excludes halogenated alkanes) is 5. The molecular formula is C15H28N2O. The van der Waals surface area contributed by atoms with Crippen molar-refractivity contribution in [1.82, 2.24) is 10.2 Å². The topological polar surface area (TPSA) is 32.3 Å². The van der Waals surface area contributed by atoms with E-state index in [4.69, 9.17) is 0 Å². The highest BCUT2D eigenvalue weighted by molar-refractivity contribution is 5.82. The smallest absolute Gasteiger partial charge is 0.227 e. The van der Waals surface area contributed by atoms with Gasteiger partial charge in [0, 0.05) is 19.1 Å². The zero-order chi connectivity index (χ0) is 12.8. The van der Waals surface area contributed by atoms with E-state index in [1.165, 1.54) is 38.5 Å². The number of fused-ring (bicyclic) bond motifs is 1. The van der Waals surface area contributed by atoms with Crippen molar-refractivity contribution in [2.45, 2.75) is 64.3 Å². The van der Waals surface area contributed by atoms with Crippen molar-refractivity contribution in [1.29, 1.82) is 0 Å². The summed E-state index contributed by atoms with van der Waals surface area (Å²) in [5.41, 5.74) is 0. The number of amides is 1. The minimum atomic E-state index is 0.291. The zero-order valence-electron chi connectivity index (χ0n) is 11.8. The van der Waals surface area contributed by atoms with Crippen LogP contribution in [0.5, 0.6) is 0 Å². The summed E-state index contributed by atoms with van der Waals surface area (Å²) < 4.78 is 0. The van der Waals surface area contributed by atoms with E-state index in [2.05, 4.69) is 17.1 Å². The molecule has 2 aliphatic heterocycles. The minimum Gasteiger partial charge on any atom is -0.341 e. The van der Waals surface area contributed by atoms with E-state index in [9.17, 15) is 4.79 Å². The van der Waals surface area contributed by atoms with Crippen LogP contribution in [0.2, 0.25) is 0 Å². The standard InChI is InChI=1S/C15H28N2O/c1-2-3-4-5-6-7-11-17-12-14-13(15(17)18)9-8-10-16-14/h13-14,16H,2-12H2,1H3. The maximum atomic E-state index is 12.2. The first-order valence-electron chi connectivity index (χ1n) is 7.85. The predicted molar refractivity (Wildman–Crippen MR) is 74.5 cm³/mol. The maximum absolute atomic E-state index is 12.2. The molecule has 18 heavy (non-hydrogen) atoms. The van der Waals surface area contributed by atoms with Crippen molar-refractivity contribution < 1.29 is 4.79 Å². The lowest BCUT2D eigenvalue weighted by Crippen LogP contribution is -2.41. The van der Waals surface area contributed by atoms with E-state index in [0.29, 0.717) is 17.9 Å². The van der Waals surface area contributed by atoms with Gasteiger partial charge in [-0.2, -0.15) is 0 Å². The van der Waals surface area contributed by atoms with E-state index >= 15 is 0 Å². The lowest BCUT2D eigenvalue weighted by atomic mass is 9.94. The Bertz CT molecular complexity index is 267. The molecule has 2 saturated heterocycles. The normalized spacial score (nSPS) is 27.6. The molecule has 0 saturated carbocycles. The Morgan fingerprint density at radius 3 is 2.78 bits per heavy atom. The number of hydrogen-bond donors (Lipinski definition) is 1. The number of carbonyl (C=O) groups is 1. The van der Waals surface area contributed by atoms with E-state index in [1.807, 2.05) is 0 Å². The van der Waals surface area contributed by atoms with Crippen LogP contribution in [0.25, 0.3) is 0 Å². The van der Waals surface area contributed by atoms with Crippen LogP contribution in [0.1, 0.15) is 58.3 Å². The third kappa shape index (κ3) is 3.47. The predicted octanol–water partition coefficient (Wildman–Crippen LogP) is 2.56. The Morgan fingerprint density at radius 1 is 1.22 bits per heavy atom. The second-order valence-electron chi connectivity index (χ2n) is 5.86. The highest BCUT2D eigenvalue weighted by Crippen LogP contribution is 2.26. The molecule has 0 radical (unpaired) electrons. The van der Waals surface area contributed by atoms with Crippen LogP contribution in [0, 0.1) is 5.92 Å². The maximum Gasteiger partial charge on any atom is 0.227 e. The van der Waals surface area contributed by atoms with Gasteiger partial charge in [-0.15, -0.1) is 0 Å².